The average Bonchev–Trinajstić information content (AvgIpc) is 3.21. The van der Waals surface area contributed by atoms with Crippen LogP contribution in [0.25, 0.3) is 5.78 Å². The van der Waals surface area contributed by atoms with Gasteiger partial charge in [0.1, 0.15) is 6.33 Å². The van der Waals surface area contributed by atoms with E-state index in [9.17, 15) is 4.79 Å². The third-order valence-electron chi connectivity index (χ3n) is 3.32. The number of nitrogens with one attached hydrogen (secondary N) is 1. The van der Waals surface area contributed by atoms with E-state index in [1.54, 1.807) is 29.2 Å². The Morgan fingerprint density at radius 1 is 1.20 bits per heavy atom. The molecule has 0 unspecified atom stereocenters. The van der Waals surface area contributed by atoms with Crippen LogP contribution in [0.15, 0.2) is 49.1 Å². The molecule has 0 atom stereocenters. The zero-order chi connectivity index (χ0) is 17.2. The van der Waals surface area contributed by atoms with Crippen molar-refractivity contribution >= 4 is 29.2 Å². The highest BCUT2D eigenvalue weighted by Gasteiger charge is 2.15. The Morgan fingerprint density at radius 3 is 2.96 bits per heavy atom. The van der Waals surface area contributed by atoms with Crippen LogP contribution in [-0.2, 0) is 6.54 Å². The van der Waals surface area contributed by atoms with Crippen molar-refractivity contribution in [3.8, 4) is 0 Å². The third-order valence-corrected chi connectivity index (χ3v) is 3.55. The van der Waals surface area contributed by atoms with E-state index < -0.39 is 5.91 Å². The van der Waals surface area contributed by atoms with Gasteiger partial charge in [0.25, 0.3) is 11.7 Å². The van der Waals surface area contributed by atoms with Crippen LogP contribution < -0.4 is 5.32 Å². The first-order chi connectivity index (χ1) is 12.2. The van der Waals surface area contributed by atoms with Crippen molar-refractivity contribution in [2.45, 2.75) is 6.54 Å². The molecule has 9 nitrogen and oxygen atoms in total. The number of carbonyl (C=O) groups excluding carboxylic acids is 1. The molecule has 124 valence electrons. The van der Waals surface area contributed by atoms with E-state index in [2.05, 4.69) is 30.5 Å². The van der Waals surface area contributed by atoms with E-state index in [4.69, 9.17) is 11.6 Å². The maximum absolute atomic E-state index is 12.2. The molecule has 0 saturated carbocycles. The quantitative estimate of drug-likeness (QED) is 0.598. The highest BCUT2D eigenvalue weighted by atomic mass is 35.5. The SMILES string of the molecule is O=C(Nc1ncn(Cc2cccc(Cl)c2)n1)c1nc2ncccn2n1. The molecule has 0 saturated heterocycles. The van der Waals surface area contributed by atoms with Gasteiger partial charge in [0, 0.05) is 17.4 Å². The fourth-order valence-corrected chi connectivity index (χ4v) is 2.45. The Labute approximate surface area is 146 Å². The van der Waals surface area contributed by atoms with Crippen molar-refractivity contribution in [2.24, 2.45) is 0 Å². The topological polar surface area (TPSA) is 103 Å². The van der Waals surface area contributed by atoms with Crippen LogP contribution in [-0.4, -0.2) is 40.3 Å². The number of anilines is 1. The van der Waals surface area contributed by atoms with Gasteiger partial charge in [-0.3, -0.25) is 10.1 Å². The van der Waals surface area contributed by atoms with Gasteiger partial charge in [-0.05, 0) is 23.8 Å². The maximum Gasteiger partial charge on any atom is 0.297 e. The Kier molecular flexibility index (Phi) is 3.82. The third kappa shape index (κ3) is 3.31. The summed E-state index contributed by atoms with van der Waals surface area (Å²) in [6, 6.07) is 9.13. The predicted octanol–water partition coefficient (Wildman–Crippen LogP) is 1.67. The molecule has 4 rings (SSSR count). The highest BCUT2D eigenvalue weighted by Crippen LogP contribution is 2.12. The fourth-order valence-electron chi connectivity index (χ4n) is 2.24. The van der Waals surface area contributed by atoms with Gasteiger partial charge in [-0.25, -0.2) is 19.2 Å². The molecule has 0 fully saturated rings. The minimum Gasteiger partial charge on any atom is -0.286 e. The van der Waals surface area contributed by atoms with Crippen molar-refractivity contribution in [1.29, 1.82) is 0 Å². The first-order valence-corrected chi connectivity index (χ1v) is 7.68. The maximum atomic E-state index is 12.2. The summed E-state index contributed by atoms with van der Waals surface area (Å²) in [5, 5.41) is 11.5. The summed E-state index contributed by atoms with van der Waals surface area (Å²) in [6.45, 7) is 0.486. The number of halogens is 1. The molecule has 25 heavy (non-hydrogen) atoms. The molecule has 0 radical (unpaired) electrons. The number of aromatic nitrogens is 7. The van der Waals surface area contributed by atoms with Crippen molar-refractivity contribution in [1.82, 2.24) is 34.3 Å². The smallest absolute Gasteiger partial charge is 0.286 e. The summed E-state index contributed by atoms with van der Waals surface area (Å²) in [6.07, 6.45) is 4.75. The van der Waals surface area contributed by atoms with Crippen LogP contribution in [0.3, 0.4) is 0 Å². The number of hydrogen-bond donors (Lipinski definition) is 1. The van der Waals surface area contributed by atoms with E-state index in [-0.39, 0.29) is 11.8 Å². The van der Waals surface area contributed by atoms with Crippen LogP contribution in [0.1, 0.15) is 16.2 Å². The van der Waals surface area contributed by atoms with Gasteiger partial charge in [-0.15, -0.1) is 10.2 Å². The van der Waals surface area contributed by atoms with E-state index >= 15 is 0 Å². The lowest BCUT2D eigenvalue weighted by Gasteiger charge is -2.01. The molecule has 0 spiro atoms. The summed E-state index contributed by atoms with van der Waals surface area (Å²) in [5.74, 6) is -0.0122. The standard InChI is InChI=1S/C15H11ClN8O/c16-11-4-1-3-10(7-11)8-23-9-18-14(22-23)20-13(25)12-19-15-17-5-2-6-24(15)21-12/h1-7,9H,8H2,(H,20,22,25). The fraction of sp³-hybridized carbons (Fsp3) is 0.0667. The first-order valence-electron chi connectivity index (χ1n) is 7.30. The Bertz CT molecular complexity index is 1020. The zero-order valence-electron chi connectivity index (χ0n) is 12.7. The van der Waals surface area contributed by atoms with E-state index in [0.29, 0.717) is 17.3 Å². The van der Waals surface area contributed by atoms with Crippen molar-refractivity contribution in [2.75, 3.05) is 5.32 Å². The van der Waals surface area contributed by atoms with E-state index in [0.717, 1.165) is 5.56 Å². The summed E-state index contributed by atoms with van der Waals surface area (Å²) in [4.78, 5) is 24.3. The van der Waals surface area contributed by atoms with Gasteiger partial charge in [0.15, 0.2) is 0 Å². The van der Waals surface area contributed by atoms with Crippen LogP contribution in [0.4, 0.5) is 5.95 Å². The van der Waals surface area contributed by atoms with Crippen molar-refractivity contribution in [3.63, 3.8) is 0 Å². The Morgan fingerprint density at radius 2 is 2.12 bits per heavy atom. The lowest BCUT2D eigenvalue weighted by Crippen LogP contribution is -2.15. The predicted molar refractivity (Wildman–Crippen MR) is 89.3 cm³/mol. The molecule has 1 N–H and O–H groups in total. The van der Waals surface area contributed by atoms with Crippen LogP contribution in [0.5, 0.6) is 0 Å². The normalized spacial score (nSPS) is 10.9. The lowest BCUT2D eigenvalue weighted by molar-refractivity contribution is 0.101. The molecule has 4 aromatic rings. The minimum absolute atomic E-state index is 0.00936. The van der Waals surface area contributed by atoms with Gasteiger partial charge in [-0.1, -0.05) is 23.7 Å². The second-order valence-electron chi connectivity index (χ2n) is 5.15. The summed E-state index contributed by atoms with van der Waals surface area (Å²) >= 11 is 5.96. The largest absolute Gasteiger partial charge is 0.297 e. The average molecular weight is 355 g/mol. The van der Waals surface area contributed by atoms with E-state index in [1.807, 2.05) is 18.2 Å². The van der Waals surface area contributed by atoms with Gasteiger partial charge < -0.3 is 0 Å². The van der Waals surface area contributed by atoms with Crippen molar-refractivity contribution < 1.29 is 4.79 Å². The number of amides is 1. The second kappa shape index (κ2) is 6.29. The van der Waals surface area contributed by atoms with Crippen LogP contribution >= 0.6 is 11.6 Å². The number of nitrogens with zero attached hydrogens (tertiary/aromatic N) is 7. The highest BCUT2D eigenvalue weighted by molar-refractivity contribution is 6.30. The molecular weight excluding hydrogens is 344 g/mol. The minimum atomic E-state index is -0.508. The summed E-state index contributed by atoms with van der Waals surface area (Å²) < 4.78 is 3.01. The number of rotatable bonds is 4. The Balaban J connectivity index is 1.47. The molecule has 10 heteroatoms. The molecule has 0 aliphatic carbocycles. The van der Waals surface area contributed by atoms with Gasteiger partial charge in [-0.2, -0.15) is 4.98 Å². The monoisotopic (exact) mass is 354 g/mol. The first kappa shape index (κ1) is 15.2. The number of benzene rings is 1. The molecule has 0 aliphatic rings. The number of carbonyl (C=O) groups is 1. The molecule has 1 aromatic carbocycles. The van der Waals surface area contributed by atoms with Crippen LogP contribution in [0, 0.1) is 0 Å². The Hall–Kier alpha value is -3.33. The van der Waals surface area contributed by atoms with Crippen LogP contribution in [0.2, 0.25) is 5.02 Å². The molecule has 0 aliphatic heterocycles. The van der Waals surface area contributed by atoms with E-state index in [1.165, 1.54) is 10.8 Å². The molecule has 3 aromatic heterocycles. The summed E-state index contributed by atoms with van der Waals surface area (Å²) in [7, 11) is 0. The zero-order valence-corrected chi connectivity index (χ0v) is 13.5. The lowest BCUT2D eigenvalue weighted by atomic mass is 10.2. The second-order valence-corrected chi connectivity index (χ2v) is 5.59. The van der Waals surface area contributed by atoms with Gasteiger partial charge >= 0.3 is 0 Å². The van der Waals surface area contributed by atoms with Crippen molar-refractivity contribution in [3.05, 3.63) is 65.5 Å². The molecule has 1 amide bonds. The molecule has 3 heterocycles. The molecule has 0 bridgehead atoms. The summed E-state index contributed by atoms with van der Waals surface area (Å²) in [5.41, 5.74) is 0.975. The number of fused-ring (bicyclic) bond motifs is 1. The molecular formula is C15H11ClN8O. The van der Waals surface area contributed by atoms with Gasteiger partial charge in [0.2, 0.25) is 11.8 Å². The van der Waals surface area contributed by atoms with Gasteiger partial charge in [0.05, 0.1) is 6.54 Å². The number of hydrogen-bond acceptors (Lipinski definition) is 6.